The van der Waals surface area contributed by atoms with Gasteiger partial charge in [-0.05, 0) is 25.1 Å². The smallest absolute Gasteiger partial charge is 0.0441 e. The van der Waals surface area contributed by atoms with Crippen LogP contribution in [-0.4, -0.2) is 11.0 Å². The van der Waals surface area contributed by atoms with Gasteiger partial charge in [-0.1, -0.05) is 6.08 Å². The zero-order valence-electron chi connectivity index (χ0n) is 9.27. The van der Waals surface area contributed by atoms with Gasteiger partial charge < -0.3 is 11.1 Å². The molecule has 0 amide bonds. The summed E-state index contributed by atoms with van der Waals surface area (Å²) in [6.07, 6.45) is 5.43. The van der Waals surface area contributed by atoms with Crippen molar-refractivity contribution in [1.82, 2.24) is 4.98 Å². The number of rotatable bonds is 3. The topological polar surface area (TPSA) is 50.9 Å². The molecule has 1 unspecified atom stereocenters. The average molecular weight is 213 g/mol. The molecule has 0 aliphatic rings. The van der Waals surface area contributed by atoms with Crippen molar-refractivity contribution in [3.8, 4) is 0 Å². The van der Waals surface area contributed by atoms with Gasteiger partial charge >= 0.3 is 0 Å². The summed E-state index contributed by atoms with van der Waals surface area (Å²) in [4.78, 5) is 4.13. The standard InChI is InChI=1S/C13H15N3/c1-3-9(2)16-13-5-4-12(14)10-6-7-15-8-11(10)13/h3-9,16H,1,14H2,2H3. The summed E-state index contributed by atoms with van der Waals surface area (Å²) in [5.74, 6) is 0. The van der Waals surface area contributed by atoms with Crippen LogP contribution in [0.2, 0.25) is 0 Å². The van der Waals surface area contributed by atoms with Crippen molar-refractivity contribution >= 4 is 22.1 Å². The third-order valence-electron chi connectivity index (χ3n) is 2.59. The quantitative estimate of drug-likeness (QED) is 0.609. The molecule has 0 aliphatic heterocycles. The summed E-state index contributed by atoms with van der Waals surface area (Å²) in [7, 11) is 0. The molecule has 0 aliphatic carbocycles. The zero-order valence-corrected chi connectivity index (χ0v) is 9.27. The Morgan fingerprint density at radius 2 is 2.19 bits per heavy atom. The first-order valence-electron chi connectivity index (χ1n) is 5.23. The number of pyridine rings is 1. The molecule has 82 valence electrons. The first-order valence-corrected chi connectivity index (χ1v) is 5.23. The first-order chi connectivity index (χ1) is 7.72. The Morgan fingerprint density at radius 1 is 1.38 bits per heavy atom. The van der Waals surface area contributed by atoms with E-state index in [9.17, 15) is 0 Å². The molecule has 3 heteroatoms. The highest BCUT2D eigenvalue weighted by Crippen LogP contribution is 2.27. The van der Waals surface area contributed by atoms with Crippen molar-refractivity contribution < 1.29 is 0 Å². The van der Waals surface area contributed by atoms with Gasteiger partial charge in [0, 0.05) is 40.6 Å². The van der Waals surface area contributed by atoms with Crippen LogP contribution in [0.4, 0.5) is 11.4 Å². The lowest BCUT2D eigenvalue weighted by Gasteiger charge is -2.14. The molecule has 16 heavy (non-hydrogen) atoms. The second-order valence-electron chi connectivity index (χ2n) is 3.79. The molecule has 2 rings (SSSR count). The molecule has 3 N–H and O–H groups in total. The second kappa shape index (κ2) is 4.23. The summed E-state index contributed by atoms with van der Waals surface area (Å²) in [5.41, 5.74) is 7.72. The number of benzene rings is 1. The summed E-state index contributed by atoms with van der Waals surface area (Å²) >= 11 is 0. The molecule has 0 saturated carbocycles. The SMILES string of the molecule is C=CC(C)Nc1ccc(N)c2ccncc12. The van der Waals surface area contributed by atoms with Crippen LogP contribution < -0.4 is 11.1 Å². The fourth-order valence-electron chi connectivity index (χ4n) is 1.64. The molecule has 0 radical (unpaired) electrons. The summed E-state index contributed by atoms with van der Waals surface area (Å²) < 4.78 is 0. The van der Waals surface area contributed by atoms with Crippen LogP contribution >= 0.6 is 0 Å². The second-order valence-corrected chi connectivity index (χ2v) is 3.79. The fraction of sp³-hybridized carbons (Fsp3) is 0.154. The van der Waals surface area contributed by atoms with E-state index in [1.165, 1.54) is 0 Å². The Bertz CT molecular complexity index is 520. The number of nitrogens with one attached hydrogen (secondary N) is 1. The highest BCUT2D eigenvalue weighted by molar-refractivity contribution is 6.00. The molecule has 0 spiro atoms. The van der Waals surface area contributed by atoms with E-state index < -0.39 is 0 Å². The number of nitrogens with two attached hydrogens (primary N) is 1. The van der Waals surface area contributed by atoms with E-state index in [-0.39, 0.29) is 6.04 Å². The van der Waals surface area contributed by atoms with Crippen molar-refractivity contribution in [2.24, 2.45) is 0 Å². The van der Waals surface area contributed by atoms with Crippen molar-refractivity contribution in [3.05, 3.63) is 43.2 Å². The third kappa shape index (κ3) is 1.84. The van der Waals surface area contributed by atoms with Crippen LogP contribution in [0.3, 0.4) is 0 Å². The van der Waals surface area contributed by atoms with Crippen LogP contribution in [0, 0.1) is 0 Å². The van der Waals surface area contributed by atoms with Gasteiger partial charge in [0.05, 0.1) is 0 Å². The van der Waals surface area contributed by atoms with Gasteiger partial charge in [-0.15, -0.1) is 6.58 Å². The number of hydrogen-bond donors (Lipinski definition) is 2. The van der Waals surface area contributed by atoms with Gasteiger partial charge in [-0.3, -0.25) is 4.98 Å². The number of aromatic nitrogens is 1. The number of nitrogen functional groups attached to an aromatic ring is 1. The molecular formula is C13H15N3. The van der Waals surface area contributed by atoms with Crippen LogP contribution in [-0.2, 0) is 0 Å². The first kappa shape index (κ1) is 10.5. The minimum atomic E-state index is 0.215. The van der Waals surface area contributed by atoms with Gasteiger partial charge in [0.1, 0.15) is 0 Å². The van der Waals surface area contributed by atoms with E-state index in [4.69, 9.17) is 5.73 Å². The molecule has 1 aromatic heterocycles. The van der Waals surface area contributed by atoms with Crippen LogP contribution in [0.15, 0.2) is 43.2 Å². The van der Waals surface area contributed by atoms with Gasteiger partial charge in [0.25, 0.3) is 0 Å². The molecule has 1 heterocycles. The Labute approximate surface area is 95.0 Å². The van der Waals surface area contributed by atoms with Gasteiger partial charge in [0.15, 0.2) is 0 Å². The molecule has 0 bridgehead atoms. The Kier molecular flexibility index (Phi) is 2.77. The lowest BCUT2D eigenvalue weighted by atomic mass is 10.1. The van der Waals surface area contributed by atoms with Crippen LogP contribution in [0.5, 0.6) is 0 Å². The van der Waals surface area contributed by atoms with Gasteiger partial charge in [-0.25, -0.2) is 0 Å². The number of nitrogens with zero attached hydrogens (tertiary/aromatic N) is 1. The normalized spacial score (nSPS) is 12.3. The van der Waals surface area contributed by atoms with Crippen molar-refractivity contribution in [2.45, 2.75) is 13.0 Å². The summed E-state index contributed by atoms with van der Waals surface area (Å²) in [5, 5.41) is 5.41. The van der Waals surface area contributed by atoms with Gasteiger partial charge in [0.2, 0.25) is 0 Å². The Morgan fingerprint density at radius 3 is 2.94 bits per heavy atom. The lowest BCUT2D eigenvalue weighted by molar-refractivity contribution is 1.00. The molecule has 3 nitrogen and oxygen atoms in total. The van der Waals surface area contributed by atoms with E-state index in [1.807, 2.05) is 37.4 Å². The fourth-order valence-corrected chi connectivity index (χ4v) is 1.64. The maximum absolute atomic E-state index is 5.91. The van der Waals surface area contributed by atoms with E-state index in [2.05, 4.69) is 16.9 Å². The largest absolute Gasteiger partial charge is 0.398 e. The maximum Gasteiger partial charge on any atom is 0.0441 e. The number of hydrogen-bond acceptors (Lipinski definition) is 3. The molecule has 1 aromatic carbocycles. The van der Waals surface area contributed by atoms with Crippen LogP contribution in [0.25, 0.3) is 10.8 Å². The molecule has 2 aromatic rings. The van der Waals surface area contributed by atoms with Gasteiger partial charge in [-0.2, -0.15) is 0 Å². The number of anilines is 2. The molecule has 0 saturated heterocycles. The van der Waals surface area contributed by atoms with Crippen LogP contribution in [0.1, 0.15) is 6.92 Å². The Hall–Kier alpha value is -2.03. The minimum Gasteiger partial charge on any atom is -0.398 e. The number of fused-ring (bicyclic) bond motifs is 1. The molecule has 1 atom stereocenters. The molecule has 0 fully saturated rings. The summed E-state index contributed by atoms with van der Waals surface area (Å²) in [6, 6.07) is 6.01. The average Bonchev–Trinajstić information content (AvgIpc) is 2.33. The van der Waals surface area contributed by atoms with E-state index in [0.29, 0.717) is 0 Å². The predicted octanol–water partition coefficient (Wildman–Crippen LogP) is 2.80. The summed E-state index contributed by atoms with van der Waals surface area (Å²) in [6.45, 7) is 5.80. The molecular weight excluding hydrogens is 198 g/mol. The maximum atomic E-state index is 5.91. The predicted molar refractivity (Wildman–Crippen MR) is 69.4 cm³/mol. The van der Waals surface area contributed by atoms with E-state index in [1.54, 1.807) is 6.20 Å². The highest BCUT2D eigenvalue weighted by atomic mass is 14.9. The van der Waals surface area contributed by atoms with E-state index >= 15 is 0 Å². The van der Waals surface area contributed by atoms with E-state index in [0.717, 1.165) is 22.1 Å². The van der Waals surface area contributed by atoms with Crippen molar-refractivity contribution in [3.63, 3.8) is 0 Å². The zero-order chi connectivity index (χ0) is 11.5. The highest BCUT2D eigenvalue weighted by Gasteiger charge is 2.05. The third-order valence-corrected chi connectivity index (χ3v) is 2.59. The minimum absolute atomic E-state index is 0.215. The lowest BCUT2D eigenvalue weighted by Crippen LogP contribution is -2.11. The monoisotopic (exact) mass is 213 g/mol. The van der Waals surface area contributed by atoms with Crippen molar-refractivity contribution in [1.29, 1.82) is 0 Å². The van der Waals surface area contributed by atoms with Crippen molar-refractivity contribution in [2.75, 3.05) is 11.1 Å². The Balaban J connectivity index is 2.54.